The molecule has 0 aliphatic heterocycles. The predicted octanol–water partition coefficient (Wildman–Crippen LogP) is 2.19. The lowest BCUT2D eigenvalue weighted by Gasteiger charge is -2.14. The molecule has 0 fully saturated rings. The lowest BCUT2D eigenvalue weighted by atomic mass is 10.3. The van der Waals surface area contributed by atoms with E-state index in [9.17, 15) is 8.42 Å². The molecule has 5 nitrogen and oxygen atoms in total. The highest BCUT2D eigenvalue weighted by atomic mass is 35.5. The summed E-state index contributed by atoms with van der Waals surface area (Å²) in [6.45, 7) is 1.79. The zero-order chi connectivity index (χ0) is 13.3. The van der Waals surface area contributed by atoms with Gasteiger partial charge in [-0.3, -0.25) is 0 Å². The van der Waals surface area contributed by atoms with E-state index in [1.54, 1.807) is 6.92 Å². The number of hydrogen-bond donors (Lipinski definition) is 1. The minimum atomic E-state index is -3.03. The van der Waals surface area contributed by atoms with Gasteiger partial charge in [0.1, 0.15) is 20.5 Å². The quantitative estimate of drug-likeness (QED) is 0.877. The highest BCUT2D eigenvalue weighted by Gasteiger charge is 2.14. The van der Waals surface area contributed by atoms with Gasteiger partial charge >= 0.3 is 0 Å². The third-order valence-corrected chi connectivity index (χ3v) is 4.31. The fourth-order valence-electron chi connectivity index (χ4n) is 1.67. The van der Waals surface area contributed by atoms with Gasteiger partial charge in [-0.15, -0.1) is 11.3 Å². The maximum absolute atomic E-state index is 11.2. The molecule has 1 unspecified atom stereocenters. The van der Waals surface area contributed by atoms with E-state index in [0.29, 0.717) is 5.82 Å². The van der Waals surface area contributed by atoms with Crippen LogP contribution in [0.1, 0.15) is 6.92 Å². The molecule has 0 aliphatic carbocycles. The SMILES string of the molecule is CC(CS(C)(=O)=O)Nc1nc(Cl)nc2sccc12. The maximum atomic E-state index is 11.2. The zero-order valence-corrected chi connectivity index (χ0v) is 12.2. The van der Waals surface area contributed by atoms with Gasteiger partial charge in [0.15, 0.2) is 0 Å². The molecule has 0 saturated carbocycles. The molecule has 2 aromatic heterocycles. The average molecular weight is 306 g/mol. The van der Waals surface area contributed by atoms with Gasteiger partial charge in [0.25, 0.3) is 0 Å². The number of nitrogens with one attached hydrogen (secondary N) is 1. The van der Waals surface area contributed by atoms with Crippen LogP contribution in [0.3, 0.4) is 0 Å². The highest BCUT2D eigenvalue weighted by molar-refractivity contribution is 7.90. The Kier molecular flexibility index (Phi) is 3.74. The Morgan fingerprint density at radius 1 is 1.50 bits per heavy atom. The van der Waals surface area contributed by atoms with Crippen LogP contribution in [-0.2, 0) is 9.84 Å². The first kappa shape index (κ1) is 13.5. The Labute approximate surface area is 114 Å². The molecule has 0 amide bonds. The minimum Gasteiger partial charge on any atom is -0.366 e. The Balaban J connectivity index is 2.28. The summed E-state index contributed by atoms with van der Waals surface area (Å²) in [5.74, 6) is 0.614. The number of aromatic nitrogens is 2. The van der Waals surface area contributed by atoms with E-state index in [-0.39, 0.29) is 17.1 Å². The highest BCUT2D eigenvalue weighted by Crippen LogP contribution is 2.26. The average Bonchev–Trinajstić information content (AvgIpc) is 2.61. The molecule has 98 valence electrons. The van der Waals surface area contributed by atoms with Crippen molar-refractivity contribution in [3.8, 4) is 0 Å². The smallest absolute Gasteiger partial charge is 0.225 e. The van der Waals surface area contributed by atoms with Crippen molar-refractivity contribution in [2.45, 2.75) is 13.0 Å². The zero-order valence-electron chi connectivity index (χ0n) is 9.84. The number of sulfone groups is 1. The topological polar surface area (TPSA) is 72.0 Å². The number of fused-ring (bicyclic) bond motifs is 1. The maximum Gasteiger partial charge on any atom is 0.225 e. The van der Waals surface area contributed by atoms with Crippen molar-refractivity contribution >= 4 is 48.8 Å². The predicted molar refractivity (Wildman–Crippen MR) is 75.2 cm³/mol. The monoisotopic (exact) mass is 305 g/mol. The summed E-state index contributed by atoms with van der Waals surface area (Å²) in [4.78, 5) is 8.97. The molecule has 0 aliphatic rings. The molecule has 18 heavy (non-hydrogen) atoms. The van der Waals surface area contributed by atoms with Gasteiger partial charge in [-0.25, -0.2) is 18.4 Å². The molecule has 2 rings (SSSR count). The van der Waals surface area contributed by atoms with Crippen molar-refractivity contribution in [2.75, 3.05) is 17.3 Å². The molecule has 1 N–H and O–H groups in total. The largest absolute Gasteiger partial charge is 0.366 e. The first-order chi connectivity index (χ1) is 8.35. The van der Waals surface area contributed by atoms with Crippen LogP contribution < -0.4 is 5.32 Å². The summed E-state index contributed by atoms with van der Waals surface area (Å²) < 4.78 is 22.4. The Morgan fingerprint density at radius 2 is 2.22 bits per heavy atom. The Bertz CT molecular complexity index is 669. The van der Waals surface area contributed by atoms with Crippen LogP contribution in [0.4, 0.5) is 5.82 Å². The van der Waals surface area contributed by atoms with Crippen LogP contribution in [0.15, 0.2) is 11.4 Å². The lowest BCUT2D eigenvalue weighted by Crippen LogP contribution is -2.25. The molecule has 8 heteroatoms. The van der Waals surface area contributed by atoms with Crippen molar-refractivity contribution in [1.29, 1.82) is 0 Å². The second kappa shape index (κ2) is 4.99. The first-order valence-electron chi connectivity index (χ1n) is 5.20. The van der Waals surface area contributed by atoms with E-state index < -0.39 is 9.84 Å². The van der Waals surface area contributed by atoms with Crippen molar-refractivity contribution < 1.29 is 8.42 Å². The first-order valence-corrected chi connectivity index (χ1v) is 8.52. The molecule has 0 spiro atoms. The summed E-state index contributed by atoms with van der Waals surface area (Å²) in [6.07, 6.45) is 1.21. The summed E-state index contributed by atoms with van der Waals surface area (Å²) in [5.41, 5.74) is 0. The number of thiophene rings is 1. The van der Waals surface area contributed by atoms with Gasteiger partial charge in [-0.2, -0.15) is 0 Å². The fourth-order valence-corrected chi connectivity index (χ4v) is 3.64. The normalized spacial score (nSPS) is 13.7. The van der Waals surface area contributed by atoms with E-state index >= 15 is 0 Å². The third-order valence-electron chi connectivity index (χ3n) is 2.23. The number of halogens is 1. The summed E-state index contributed by atoms with van der Waals surface area (Å²) >= 11 is 7.29. The van der Waals surface area contributed by atoms with Crippen LogP contribution in [0, 0.1) is 0 Å². The second-order valence-corrected chi connectivity index (χ2v) is 7.54. The Morgan fingerprint density at radius 3 is 2.89 bits per heavy atom. The van der Waals surface area contributed by atoms with Gasteiger partial charge in [-0.1, -0.05) is 0 Å². The molecule has 2 heterocycles. The van der Waals surface area contributed by atoms with Crippen LogP contribution >= 0.6 is 22.9 Å². The van der Waals surface area contributed by atoms with Gasteiger partial charge in [-0.05, 0) is 30.0 Å². The summed E-state index contributed by atoms with van der Waals surface area (Å²) in [5, 5.41) is 5.95. The third kappa shape index (κ3) is 3.30. The van der Waals surface area contributed by atoms with Crippen LogP contribution in [-0.4, -0.2) is 36.4 Å². The van der Waals surface area contributed by atoms with E-state index in [1.807, 2.05) is 11.4 Å². The van der Waals surface area contributed by atoms with Gasteiger partial charge in [0, 0.05) is 12.3 Å². The molecule has 0 radical (unpaired) electrons. The van der Waals surface area contributed by atoms with Crippen molar-refractivity contribution in [3.05, 3.63) is 16.7 Å². The molecule has 2 aromatic rings. The van der Waals surface area contributed by atoms with Crippen LogP contribution in [0.25, 0.3) is 10.2 Å². The lowest BCUT2D eigenvalue weighted by molar-refractivity contribution is 0.598. The van der Waals surface area contributed by atoms with E-state index in [2.05, 4.69) is 15.3 Å². The molecular weight excluding hydrogens is 294 g/mol. The number of nitrogens with zero attached hydrogens (tertiary/aromatic N) is 2. The van der Waals surface area contributed by atoms with Crippen molar-refractivity contribution in [1.82, 2.24) is 9.97 Å². The van der Waals surface area contributed by atoms with Crippen LogP contribution in [0.5, 0.6) is 0 Å². The Hall–Kier alpha value is -0.920. The molecular formula is C10H12ClN3O2S2. The molecule has 1 atom stereocenters. The van der Waals surface area contributed by atoms with Crippen molar-refractivity contribution in [2.24, 2.45) is 0 Å². The standard InChI is InChI=1S/C10H12ClN3O2S2/c1-6(5-18(2,15)16)12-8-7-3-4-17-9(7)14-10(11)13-8/h3-4,6H,5H2,1-2H3,(H,12,13,14). The fraction of sp³-hybridized carbons (Fsp3) is 0.400. The van der Waals surface area contributed by atoms with E-state index in [1.165, 1.54) is 17.6 Å². The number of rotatable bonds is 4. The van der Waals surface area contributed by atoms with Crippen LogP contribution in [0.2, 0.25) is 5.28 Å². The van der Waals surface area contributed by atoms with Gasteiger partial charge in [0.05, 0.1) is 11.1 Å². The van der Waals surface area contributed by atoms with Crippen molar-refractivity contribution in [3.63, 3.8) is 0 Å². The van der Waals surface area contributed by atoms with E-state index in [4.69, 9.17) is 11.6 Å². The summed E-state index contributed by atoms with van der Waals surface area (Å²) in [7, 11) is -3.03. The van der Waals surface area contributed by atoms with Gasteiger partial charge in [0.2, 0.25) is 5.28 Å². The molecule has 0 saturated heterocycles. The molecule has 0 bridgehead atoms. The minimum absolute atomic E-state index is 0.0419. The number of anilines is 1. The summed E-state index contributed by atoms with van der Waals surface area (Å²) in [6, 6.07) is 1.64. The second-order valence-electron chi connectivity index (χ2n) is 4.12. The van der Waals surface area contributed by atoms with E-state index in [0.717, 1.165) is 10.2 Å². The van der Waals surface area contributed by atoms with Gasteiger partial charge < -0.3 is 5.32 Å². The number of hydrogen-bond acceptors (Lipinski definition) is 6. The molecule has 0 aromatic carbocycles.